The highest BCUT2D eigenvalue weighted by atomic mass is 16.8. The average Bonchev–Trinajstić information content (AvgIpc) is 3.01. The molecule has 0 bridgehead atoms. The number of aliphatic hydroxyl groups excluding tert-OH is 1. The van der Waals surface area contributed by atoms with Crippen LogP contribution in [0.15, 0.2) is 0 Å². The van der Waals surface area contributed by atoms with E-state index in [2.05, 4.69) is 5.32 Å². The predicted octanol–water partition coefficient (Wildman–Crippen LogP) is 0.902. The van der Waals surface area contributed by atoms with Crippen molar-refractivity contribution < 1.29 is 47.9 Å². The molecule has 2 aliphatic rings. The van der Waals surface area contributed by atoms with E-state index in [0.29, 0.717) is 0 Å². The highest BCUT2D eigenvalue weighted by molar-refractivity contribution is 5.82. The maximum atomic E-state index is 12.5. The number of fused-ring (bicyclic) bond motifs is 1. The smallest absolute Gasteiger partial charge is 0.408 e. The second-order valence-electron chi connectivity index (χ2n) is 9.41. The zero-order valence-electron chi connectivity index (χ0n) is 19.7. The number of methoxy groups -OCH3 is 2. The fourth-order valence-corrected chi connectivity index (χ4v) is 3.84. The lowest BCUT2D eigenvalue weighted by molar-refractivity contribution is -0.169. The van der Waals surface area contributed by atoms with Crippen LogP contribution in [0.2, 0.25) is 0 Å². The lowest BCUT2D eigenvalue weighted by Crippen LogP contribution is -2.53. The van der Waals surface area contributed by atoms with E-state index >= 15 is 0 Å². The normalized spacial score (nSPS) is 28.8. The molecule has 0 aromatic carbocycles. The van der Waals surface area contributed by atoms with Crippen LogP contribution in [0, 0.1) is 5.92 Å². The Labute approximate surface area is 188 Å². The van der Waals surface area contributed by atoms with Crippen molar-refractivity contribution in [2.24, 2.45) is 5.92 Å². The number of esters is 2. The summed E-state index contributed by atoms with van der Waals surface area (Å²) in [6, 6.07) is -1.17. The first-order valence-electron chi connectivity index (χ1n) is 10.6. The topological polar surface area (TPSA) is 139 Å². The van der Waals surface area contributed by atoms with Crippen LogP contribution in [0.5, 0.6) is 0 Å². The molecular weight excluding hydrogens is 426 g/mol. The average molecular weight is 462 g/mol. The number of rotatable bonds is 7. The van der Waals surface area contributed by atoms with Crippen LogP contribution < -0.4 is 5.32 Å². The second-order valence-corrected chi connectivity index (χ2v) is 9.41. The molecular formula is C21H35NO10. The van der Waals surface area contributed by atoms with Crippen molar-refractivity contribution in [1.29, 1.82) is 0 Å². The Morgan fingerprint density at radius 1 is 1.12 bits per heavy atom. The molecule has 11 nitrogen and oxygen atoms in total. The Kier molecular flexibility index (Phi) is 8.49. The third kappa shape index (κ3) is 7.03. The van der Waals surface area contributed by atoms with Gasteiger partial charge in [0.2, 0.25) is 0 Å². The van der Waals surface area contributed by atoms with Gasteiger partial charge in [-0.25, -0.2) is 9.59 Å². The van der Waals surface area contributed by atoms with E-state index in [-0.39, 0.29) is 19.4 Å². The van der Waals surface area contributed by atoms with Crippen molar-refractivity contribution in [2.75, 3.05) is 20.8 Å². The lowest BCUT2D eigenvalue weighted by Gasteiger charge is -2.36. The molecule has 0 unspecified atom stereocenters. The molecule has 0 aromatic rings. The highest BCUT2D eigenvalue weighted by Gasteiger charge is 2.51. The fourth-order valence-electron chi connectivity index (χ4n) is 3.84. The fraction of sp³-hybridized carbons (Fsp3) is 0.857. The van der Waals surface area contributed by atoms with Gasteiger partial charge in [0.1, 0.15) is 30.0 Å². The van der Waals surface area contributed by atoms with E-state index in [1.165, 1.54) is 14.2 Å². The predicted molar refractivity (Wildman–Crippen MR) is 109 cm³/mol. The molecule has 0 aromatic heterocycles. The number of amides is 1. The molecule has 0 saturated carbocycles. The van der Waals surface area contributed by atoms with Gasteiger partial charge in [0.25, 0.3) is 0 Å². The Morgan fingerprint density at radius 2 is 1.75 bits per heavy atom. The molecule has 2 fully saturated rings. The number of aliphatic hydroxyl groups is 1. The molecule has 0 spiro atoms. The van der Waals surface area contributed by atoms with Crippen molar-refractivity contribution in [3.05, 3.63) is 0 Å². The van der Waals surface area contributed by atoms with Crippen molar-refractivity contribution in [1.82, 2.24) is 5.32 Å². The van der Waals surface area contributed by atoms with Gasteiger partial charge in [-0.2, -0.15) is 0 Å². The van der Waals surface area contributed by atoms with Gasteiger partial charge in [0.05, 0.1) is 32.8 Å². The van der Waals surface area contributed by atoms with E-state index in [1.54, 1.807) is 34.6 Å². The molecule has 11 heteroatoms. The zero-order valence-corrected chi connectivity index (χ0v) is 19.7. The summed E-state index contributed by atoms with van der Waals surface area (Å²) in [6.07, 6.45) is -3.79. The van der Waals surface area contributed by atoms with Gasteiger partial charge >= 0.3 is 18.0 Å². The molecule has 0 radical (unpaired) electrons. The minimum Gasteiger partial charge on any atom is -0.469 e. The second kappa shape index (κ2) is 10.3. The van der Waals surface area contributed by atoms with Gasteiger partial charge in [-0.1, -0.05) is 0 Å². The van der Waals surface area contributed by atoms with E-state index in [0.717, 1.165) is 0 Å². The van der Waals surface area contributed by atoms with E-state index in [4.69, 9.17) is 28.4 Å². The standard InChI is InChI=1S/C21H35NO10/c1-20(2,3)32-19(26)22-12(18(25)28-7)8-11(17(24)27-6)9-13-15(23)16-14(10-29-13)30-21(4,5)31-16/h11-16,23H,8-10H2,1-7H3,(H,22,26)/t11-,12+,13-,14-,15+,16-/m1/s1. The number of carbonyl (C=O) groups excluding carboxylic acids is 3. The van der Waals surface area contributed by atoms with E-state index in [9.17, 15) is 19.5 Å². The van der Waals surface area contributed by atoms with Gasteiger partial charge in [0, 0.05) is 0 Å². The minimum atomic E-state index is -1.17. The van der Waals surface area contributed by atoms with Crippen LogP contribution in [-0.2, 0) is 38.0 Å². The molecule has 6 atom stereocenters. The summed E-state index contributed by atoms with van der Waals surface area (Å²) >= 11 is 0. The first-order chi connectivity index (χ1) is 14.8. The third-order valence-electron chi connectivity index (χ3n) is 5.16. The van der Waals surface area contributed by atoms with Gasteiger partial charge < -0.3 is 38.8 Å². The number of carbonyl (C=O) groups is 3. The molecule has 0 aliphatic carbocycles. The monoisotopic (exact) mass is 461 g/mol. The van der Waals surface area contributed by atoms with E-state index in [1.807, 2.05) is 0 Å². The van der Waals surface area contributed by atoms with Crippen LogP contribution in [0.25, 0.3) is 0 Å². The number of alkyl carbamates (subject to hydrolysis) is 1. The number of nitrogens with one attached hydrogen (secondary N) is 1. The molecule has 2 aliphatic heterocycles. The van der Waals surface area contributed by atoms with Crippen LogP contribution >= 0.6 is 0 Å². The molecule has 2 saturated heterocycles. The summed E-state index contributed by atoms with van der Waals surface area (Å²) in [6.45, 7) is 8.72. The summed E-state index contributed by atoms with van der Waals surface area (Å²) in [4.78, 5) is 36.9. The molecule has 2 heterocycles. The first kappa shape index (κ1) is 26.3. The number of hydrogen-bond donors (Lipinski definition) is 2. The number of ether oxygens (including phenoxy) is 6. The summed E-state index contributed by atoms with van der Waals surface area (Å²) in [5, 5.41) is 13.2. The molecule has 1 amide bonds. The maximum Gasteiger partial charge on any atom is 0.408 e. The number of hydrogen-bond acceptors (Lipinski definition) is 10. The quantitative estimate of drug-likeness (QED) is 0.415. The Hall–Kier alpha value is -1.95. The summed E-state index contributed by atoms with van der Waals surface area (Å²) in [7, 11) is 2.39. The zero-order chi connectivity index (χ0) is 24.3. The SMILES string of the molecule is COC(=O)[C@H](C[C@H](NC(=O)OC(C)(C)C)C(=O)OC)C[C@H]1OC[C@H]2OC(C)(C)O[C@H]2[C@H]1O. The highest BCUT2D eigenvalue weighted by Crippen LogP contribution is 2.36. The van der Waals surface area contributed by atoms with Crippen LogP contribution in [-0.4, -0.2) is 85.8 Å². The van der Waals surface area contributed by atoms with Crippen molar-refractivity contribution >= 4 is 18.0 Å². The molecule has 32 heavy (non-hydrogen) atoms. The summed E-state index contributed by atoms with van der Waals surface area (Å²) in [5.74, 6) is -3.11. The van der Waals surface area contributed by atoms with E-state index < -0.39 is 65.8 Å². The van der Waals surface area contributed by atoms with Gasteiger partial charge in [-0.3, -0.25) is 4.79 Å². The van der Waals surface area contributed by atoms with Gasteiger partial charge in [-0.15, -0.1) is 0 Å². The third-order valence-corrected chi connectivity index (χ3v) is 5.16. The van der Waals surface area contributed by atoms with Gasteiger partial charge in [0.15, 0.2) is 5.79 Å². The summed E-state index contributed by atoms with van der Waals surface area (Å²) in [5.41, 5.74) is -0.778. The van der Waals surface area contributed by atoms with Crippen LogP contribution in [0.1, 0.15) is 47.5 Å². The van der Waals surface area contributed by atoms with Crippen molar-refractivity contribution in [2.45, 2.75) is 89.3 Å². The maximum absolute atomic E-state index is 12.5. The van der Waals surface area contributed by atoms with Crippen molar-refractivity contribution in [3.8, 4) is 0 Å². The lowest BCUT2D eigenvalue weighted by atomic mass is 9.88. The largest absolute Gasteiger partial charge is 0.469 e. The van der Waals surface area contributed by atoms with Crippen LogP contribution in [0.4, 0.5) is 4.79 Å². The molecule has 184 valence electrons. The van der Waals surface area contributed by atoms with Crippen molar-refractivity contribution in [3.63, 3.8) is 0 Å². The summed E-state index contributed by atoms with van der Waals surface area (Å²) < 4.78 is 32.1. The Morgan fingerprint density at radius 3 is 2.31 bits per heavy atom. The first-order valence-corrected chi connectivity index (χ1v) is 10.6. The Balaban J connectivity index is 2.11. The van der Waals surface area contributed by atoms with Gasteiger partial charge in [-0.05, 0) is 47.5 Å². The Bertz CT molecular complexity index is 689. The van der Waals surface area contributed by atoms with Crippen LogP contribution in [0.3, 0.4) is 0 Å². The molecule has 2 N–H and O–H groups in total. The minimum absolute atomic E-state index is 0.0321. The molecule has 2 rings (SSSR count).